The van der Waals surface area contributed by atoms with Gasteiger partial charge in [-0.2, -0.15) is 5.10 Å². The van der Waals surface area contributed by atoms with Gasteiger partial charge in [0.2, 0.25) is 5.91 Å². The van der Waals surface area contributed by atoms with E-state index in [0.717, 1.165) is 38.5 Å². The highest BCUT2D eigenvalue weighted by Crippen LogP contribution is 2.27. The van der Waals surface area contributed by atoms with Crippen LogP contribution in [0.4, 0.5) is 10.1 Å². The lowest BCUT2D eigenvalue weighted by molar-refractivity contribution is -0.119. The molecule has 2 amide bonds. The number of aromatic nitrogens is 2. The van der Waals surface area contributed by atoms with Crippen molar-refractivity contribution in [3.63, 3.8) is 0 Å². The zero-order valence-corrected chi connectivity index (χ0v) is 16.2. The van der Waals surface area contributed by atoms with Gasteiger partial charge in [-0.15, -0.1) is 0 Å². The third kappa shape index (κ3) is 4.77. The minimum atomic E-state index is -0.717. The van der Waals surface area contributed by atoms with Crippen LogP contribution >= 0.6 is 0 Å². The number of amides is 2. The molecule has 1 fully saturated rings. The lowest BCUT2D eigenvalue weighted by Crippen LogP contribution is -2.49. The van der Waals surface area contributed by atoms with Crippen LogP contribution in [0.1, 0.15) is 55.9 Å². The summed E-state index contributed by atoms with van der Waals surface area (Å²) in [6.45, 7) is 2.46. The minimum absolute atomic E-state index is 0.0243. The van der Waals surface area contributed by atoms with Gasteiger partial charge in [-0.25, -0.2) is 4.39 Å². The zero-order chi connectivity index (χ0) is 19.9. The Kier molecular flexibility index (Phi) is 6.79. The molecule has 2 aromatic rings. The van der Waals surface area contributed by atoms with Crippen LogP contribution in [-0.2, 0) is 11.3 Å². The van der Waals surface area contributed by atoms with E-state index in [0.29, 0.717) is 12.2 Å². The predicted octanol–water partition coefficient (Wildman–Crippen LogP) is 3.75. The van der Waals surface area contributed by atoms with Gasteiger partial charge in [0.1, 0.15) is 17.6 Å². The van der Waals surface area contributed by atoms with E-state index in [4.69, 9.17) is 0 Å². The number of para-hydroxylation sites is 1. The number of rotatable bonds is 6. The van der Waals surface area contributed by atoms with Crippen LogP contribution in [0.25, 0.3) is 0 Å². The van der Waals surface area contributed by atoms with Crippen molar-refractivity contribution in [2.24, 2.45) is 5.92 Å². The molecule has 150 valence electrons. The Morgan fingerprint density at radius 3 is 2.57 bits per heavy atom. The molecule has 0 saturated heterocycles. The molecular formula is C21H27FN4O2. The fourth-order valence-electron chi connectivity index (χ4n) is 3.81. The van der Waals surface area contributed by atoms with Gasteiger partial charge < -0.3 is 10.6 Å². The molecule has 1 aromatic carbocycles. The van der Waals surface area contributed by atoms with Gasteiger partial charge >= 0.3 is 0 Å². The van der Waals surface area contributed by atoms with Gasteiger partial charge in [-0.05, 0) is 43.9 Å². The molecule has 1 aromatic heterocycles. The second-order valence-corrected chi connectivity index (χ2v) is 7.20. The molecule has 0 radical (unpaired) electrons. The van der Waals surface area contributed by atoms with Crippen molar-refractivity contribution in [3.05, 3.63) is 48.0 Å². The minimum Gasteiger partial charge on any atom is -0.339 e. The van der Waals surface area contributed by atoms with Crippen molar-refractivity contribution in [1.29, 1.82) is 0 Å². The summed E-state index contributed by atoms with van der Waals surface area (Å²) in [6.07, 6.45) is 7.61. The number of benzene rings is 1. The summed E-state index contributed by atoms with van der Waals surface area (Å²) >= 11 is 0. The number of carbonyl (C=O) groups excluding carboxylic acids is 2. The average molecular weight is 386 g/mol. The SMILES string of the molecule is CCn1nccc1C(=O)NC(C(=O)Nc1ccccc1F)C1CCCCCC1. The van der Waals surface area contributed by atoms with Crippen molar-refractivity contribution < 1.29 is 14.0 Å². The highest BCUT2D eigenvalue weighted by Gasteiger charge is 2.31. The molecule has 2 N–H and O–H groups in total. The van der Waals surface area contributed by atoms with E-state index < -0.39 is 11.9 Å². The Labute approximate surface area is 164 Å². The Morgan fingerprint density at radius 2 is 1.89 bits per heavy atom. The van der Waals surface area contributed by atoms with Crippen molar-refractivity contribution in [3.8, 4) is 0 Å². The van der Waals surface area contributed by atoms with Crippen molar-refractivity contribution in [2.45, 2.75) is 58.0 Å². The molecule has 3 rings (SSSR count). The van der Waals surface area contributed by atoms with Crippen LogP contribution < -0.4 is 10.6 Å². The maximum atomic E-state index is 14.0. The molecule has 28 heavy (non-hydrogen) atoms. The van der Waals surface area contributed by atoms with E-state index in [1.807, 2.05) is 6.92 Å². The summed E-state index contributed by atoms with van der Waals surface area (Å²) in [4.78, 5) is 25.8. The lowest BCUT2D eigenvalue weighted by Gasteiger charge is -2.26. The number of nitrogens with one attached hydrogen (secondary N) is 2. The van der Waals surface area contributed by atoms with Crippen LogP contribution in [0.15, 0.2) is 36.5 Å². The van der Waals surface area contributed by atoms with Crippen LogP contribution in [0.2, 0.25) is 0 Å². The fourth-order valence-corrected chi connectivity index (χ4v) is 3.81. The summed E-state index contributed by atoms with van der Waals surface area (Å²) in [7, 11) is 0. The van der Waals surface area contributed by atoms with Gasteiger partial charge in [0.05, 0.1) is 5.69 Å². The zero-order valence-electron chi connectivity index (χ0n) is 16.2. The molecule has 1 heterocycles. The number of anilines is 1. The average Bonchev–Trinajstić information content (AvgIpc) is 3.02. The molecule has 6 nitrogen and oxygen atoms in total. The molecule has 0 spiro atoms. The van der Waals surface area contributed by atoms with Crippen molar-refractivity contribution in [2.75, 3.05) is 5.32 Å². The summed E-state index contributed by atoms with van der Waals surface area (Å²) in [5.74, 6) is -1.19. The van der Waals surface area contributed by atoms with Crippen LogP contribution in [0, 0.1) is 11.7 Å². The molecular weight excluding hydrogens is 359 g/mol. The molecule has 1 unspecified atom stereocenters. The molecule has 1 saturated carbocycles. The molecule has 1 aliphatic rings. The number of halogens is 1. The molecule has 1 aliphatic carbocycles. The van der Waals surface area contributed by atoms with Gasteiger partial charge in [0.15, 0.2) is 0 Å². The second-order valence-electron chi connectivity index (χ2n) is 7.20. The van der Waals surface area contributed by atoms with Gasteiger partial charge in [-0.3, -0.25) is 14.3 Å². The summed E-state index contributed by atoms with van der Waals surface area (Å²) in [6, 6.07) is 6.97. The van der Waals surface area contributed by atoms with E-state index >= 15 is 0 Å². The van der Waals surface area contributed by atoms with E-state index in [1.165, 1.54) is 12.1 Å². The molecule has 0 bridgehead atoms. The summed E-state index contributed by atoms with van der Waals surface area (Å²) < 4.78 is 15.6. The van der Waals surface area contributed by atoms with Crippen LogP contribution in [0.5, 0.6) is 0 Å². The smallest absolute Gasteiger partial charge is 0.270 e. The lowest BCUT2D eigenvalue weighted by atomic mass is 9.91. The van der Waals surface area contributed by atoms with E-state index in [-0.39, 0.29) is 23.4 Å². The number of hydrogen-bond acceptors (Lipinski definition) is 3. The van der Waals surface area contributed by atoms with Crippen molar-refractivity contribution >= 4 is 17.5 Å². The largest absolute Gasteiger partial charge is 0.339 e. The maximum Gasteiger partial charge on any atom is 0.270 e. The highest BCUT2D eigenvalue weighted by molar-refractivity contribution is 6.00. The van der Waals surface area contributed by atoms with Gasteiger partial charge in [0.25, 0.3) is 5.91 Å². The van der Waals surface area contributed by atoms with E-state index in [2.05, 4.69) is 15.7 Å². The van der Waals surface area contributed by atoms with Gasteiger partial charge in [-0.1, -0.05) is 37.8 Å². The first-order valence-electron chi connectivity index (χ1n) is 9.98. The molecule has 7 heteroatoms. The Hall–Kier alpha value is -2.70. The van der Waals surface area contributed by atoms with E-state index in [1.54, 1.807) is 29.1 Å². The topological polar surface area (TPSA) is 76.0 Å². The van der Waals surface area contributed by atoms with Crippen LogP contribution in [0.3, 0.4) is 0 Å². The first-order valence-corrected chi connectivity index (χ1v) is 9.98. The predicted molar refractivity (Wildman–Crippen MR) is 105 cm³/mol. The quantitative estimate of drug-likeness (QED) is 0.743. The monoisotopic (exact) mass is 386 g/mol. The number of carbonyl (C=O) groups is 2. The maximum absolute atomic E-state index is 14.0. The van der Waals surface area contributed by atoms with Crippen molar-refractivity contribution in [1.82, 2.24) is 15.1 Å². The standard InChI is InChI=1S/C21H27FN4O2/c1-2-26-18(13-14-23-26)20(27)25-19(15-9-5-3-4-6-10-15)21(28)24-17-12-8-7-11-16(17)22/h7-8,11-15,19H,2-6,9-10H2,1H3,(H,24,28)(H,25,27). The Morgan fingerprint density at radius 1 is 1.18 bits per heavy atom. The second kappa shape index (κ2) is 9.48. The Balaban J connectivity index is 1.81. The number of aryl methyl sites for hydroxylation is 1. The van der Waals surface area contributed by atoms with Crippen LogP contribution in [-0.4, -0.2) is 27.6 Å². The summed E-state index contributed by atoms with van der Waals surface area (Å²) in [5.41, 5.74) is 0.541. The van der Waals surface area contributed by atoms with Gasteiger partial charge in [0, 0.05) is 12.7 Å². The molecule has 1 atom stereocenters. The summed E-state index contributed by atoms with van der Waals surface area (Å²) in [5, 5.41) is 9.67. The van der Waals surface area contributed by atoms with E-state index in [9.17, 15) is 14.0 Å². The fraction of sp³-hybridized carbons (Fsp3) is 0.476. The number of hydrogen-bond donors (Lipinski definition) is 2. The number of nitrogens with zero attached hydrogens (tertiary/aromatic N) is 2. The highest BCUT2D eigenvalue weighted by atomic mass is 19.1. The normalized spacial score (nSPS) is 16.2. The first-order chi connectivity index (χ1) is 13.6. The third-order valence-corrected chi connectivity index (χ3v) is 5.32. The first kappa shape index (κ1) is 20.0. The Bertz CT molecular complexity index is 812. The third-order valence-electron chi connectivity index (χ3n) is 5.32. The molecule has 0 aliphatic heterocycles.